The van der Waals surface area contributed by atoms with Crippen LogP contribution in [0.1, 0.15) is 47.5 Å². The lowest BCUT2D eigenvalue weighted by molar-refractivity contribution is -0.128. The van der Waals surface area contributed by atoms with Crippen molar-refractivity contribution < 1.29 is 14.4 Å². The van der Waals surface area contributed by atoms with Crippen LogP contribution in [0.3, 0.4) is 0 Å². The van der Waals surface area contributed by atoms with E-state index in [2.05, 4.69) is 15.6 Å². The van der Waals surface area contributed by atoms with Gasteiger partial charge in [-0.3, -0.25) is 24.3 Å². The van der Waals surface area contributed by atoms with E-state index in [4.69, 9.17) is 11.6 Å². The van der Waals surface area contributed by atoms with Crippen LogP contribution in [0.15, 0.2) is 36.7 Å². The Morgan fingerprint density at radius 2 is 2.00 bits per heavy atom. The Hall–Kier alpha value is -2.97. The van der Waals surface area contributed by atoms with Gasteiger partial charge in [-0.25, -0.2) is 0 Å². The van der Waals surface area contributed by atoms with E-state index in [1.54, 1.807) is 19.2 Å². The molecule has 0 saturated carbocycles. The van der Waals surface area contributed by atoms with Crippen LogP contribution in [0.25, 0.3) is 0 Å². The number of rotatable bonds is 3. The third-order valence-corrected chi connectivity index (χ3v) is 7.00. The number of nitrogens with zero attached hydrogens (tertiary/aromatic N) is 3. The molecule has 5 rings (SSSR count). The van der Waals surface area contributed by atoms with Crippen molar-refractivity contribution in [1.82, 2.24) is 15.2 Å². The summed E-state index contributed by atoms with van der Waals surface area (Å²) in [5.41, 5.74) is 1.03. The average molecular weight is 454 g/mol. The van der Waals surface area contributed by atoms with E-state index in [9.17, 15) is 14.4 Å². The quantitative estimate of drug-likeness (QED) is 0.745. The molecule has 1 atom stereocenters. The number of anilines is 2. The minimum atomic E-state index is -1.43. The Morgan fingerprint density at radius 3 is 2.75 bits per heavy atom. The summed E-state index contributed by atoms with van der Waals surface area (Å²) in [6.45, 7) is 1.87. The van der Waals surface area contributed by atoms with Crippen LogP contribution in [-0.2, 0) is 9.59 Å². The molecule has 3 aliphatic rings. The third-order valence-electron chi connectivity index (χ3n) is 6.80. The van der Waals surface area contributed by atoms with Crippen LogP contribution in [0.5, 0.6) is 0 Å². The average Bonchev–Trinajstić information content (AvgIpc) is 3.16. The predicted octanol–water partition coefficient (Wildman–Crippen LogP) is 2.75. The Kier molecular flexibility index (Phi) is 5.14. The predicted molar refractivity (Wildman–Crippen MR) is 121 cm³/mol. The molecule has 2 fully saturated rings. The highest BCUT2D eigenvalue weighted by atomic mass is 35.5. The molecule has 3 aliphatic heterocycles. The Bertz CT molecular complexity index is 1120. The van der Waals surface area contributed by atoms with Gasteiger partial charge in [0, 0.05) is 26.1 Å². The van der Waals surface area contributed by atoms with E-state index in [1.807, 2.05) is 12.1 Å². The van der Waals surface area contributed by atoms with Gasteiger partial charge in [0.2, 0.25) is 11.6 Å². The van der Waals surface area contributed by atoms with E-state index in [0.717, 1.165) is 31.5 Å². The van der Waals surface area contributed by atoms with Crippen molar-refractivity contribution in [2.75, 3.05) is 30.4 Å². The molecule has 0 aliphatic carbocycles. The van der Waals surface area contributed by atoms with Crippen molar-refractivity contribution in [3.63, 3.8) is 0 Å². The first-order valence-corrected chi connectivity index (χ1v) is 11.2. The van der Waals surface area contributed by atoms with E-state index in [0.29, 0.717) is 27.9 Å². The van der Waals surface area contributed by atoms with Gasteiger partial charge >= 0.3 is 0 Å². The molecule has 4 heterocycles. The van der Waals surface area contributed by atoms with Crippen LogP contribution in [0.2, 0.25) is 5.02 Å². The lowest BCUT2D eigenvalue weighted by atomic mass is 9.87. The number of hydrogen-bond acceptors (Lipinski definition) is 5. The molecule has 0 spiro atoms. The fraction of sp³-hybridized carbons (Fsp3) is 0.391. The zero-order valence-electron chi connectivity index (χ0n) is 17.7. The van der Waals surface area contributed by atoms with Gasteiger partial charge in [0.1, 0.15) is 0 Å². The highest BCUT2D eigenvalue weighted by Gasteiger charge is 2.59. The maximum atomic E-state index is 13.6. The summed E-state index contributed by atoms with van der Waals surface area (Å²) in [5, 5.41) is 6.55. The number of halogens is 1. The van der Waals surface area contributed by atoms with Gasteiger partial charge in [0.05, 0.1) is 28.2 Å². The van der Waals surface area contributed by atoms with E-state index in [1.165, 1.54) is 22.2 Å². The Balaban J connectivity index is 1.57. The lowest BCUT2D eigenvalue weighted by Crippen LogP contribution is -2.68. The molecule has 2 aromatic rings. The van der Waals surface area contributed by atoms with Gasteiger partial charge < -0.3 is 15.5 Å². The molecule has 8 nitrogen and oxygen atoms in total. The molecule has 166 valence electrons. The minimum Gasteiger partial charge on any atom is -0.321 e. The van der Waals surface area contributed by atoms with Gasteiger partial charge in [-0.2, -0.15) is 0 Å². The summed E-state index contributed by atoms with van der Waals surface area (Å²) in [6, 6.07) is 7.28. The number of aromatic nitrogens is 1. The molecule has 1 aromatic heterocycles. The largest absolute Gasteiger partial charge is 0.321 e. The van der Waals surface area contributed by atoms with E-state index in [-0.39, 0.29) is 24.7 Å². The zero-order chi connectivity index (χ0) is 22.5. The number of hydrogen-bond donors (Lipinski definition) is 2. The molecule has 9 heteroatoms. The number of nitrogens with one attached hydrogen (secondary N) is 2. The van der Waals surface area contributed by atoms with Crippen molar-refractivity contribution >= 4 is 40.7 Å². The van der Waals surface area contributed by atoms with Crippen molar-refractivity contribution in [1.29, 1.82) is 0 Å². The fourth-order valence-electron chi connectivity index (χ4n) is 5.11. The van der Waals surface area contributed by atoms with Gasteiger partial charge in [-0.05, 0) is 55.6 Å². The number of piperidine rings is 1. The first-order valence-electron chi connectivity index (χ1n) is 10.8. The summed E-state index contributed by atoms with van der Waals surface area (Å²) in [5.74, 6) is -0.550. The molecule has 0 radical (unpaired) electrons. The standard InChI is InChI=1S/C23H24ClN5O3/c1-28-21(31)18-3-2-15(14-5-8-25-9-6-14)10-19(18)29-20(30)4-7-23(28,29)22(32)27-17-11-16(24)12-26-13-17/h2-3,10-14,25H,4-9H2,1H3,(H,27,32). The van der Waals surface area contributed by atoms with Crippen LogP contribution in [0, 0.1) is 0 Å². The number of carbonyl (C=O) groups excluding carboxylic acids is 3. The van der Waals surface area contributed by atoms with Gasteiger partial charge in [-0.1, -0.05) is 17.7 Å². The molecular weight excluding hydrogens is 430 g/mol. The number of likely N-dealkylation sites (N-methyl/N-ethyl adjacent to an activating group) is 1. The number of benzene rings is 1. The monoisotopic (exact) mass is 453 g/mol. The van der Waals surface area contributed by atoms with Gasteiger partial charge in [0.15, 0.2) is 0 Å². The molecule has 1 unspecified atom stereocenters. The smallest absolute Gasteiger partial charge is 0.271 e. The highest BCUT2D eigenvalue weighted by molar-refractivity contribution is 6.30. The highest BCUT2D eigenvalue weighted by Crippen LogP contribution is 2.45. The molecule has 2 saturated heterocycles. The van der Waals surface area contributed by atoms with Gasteiger partial charge in [-0.15, -0.1) is 0 Å². The van der Waals surface area contributed by atoms with Crippen molar-refractivity contribution in [3.05, 3.63) is 52.8 Å². The topological polar surface area (TPSA) is 94.6 Å². The number of amides is 3. The van der Waals surface area contributed by atoms with Crippen LogP contribution in [0.4, 0.5) is 11.4 Å². The molecule has 3 amide bonds. The van der Waals surface area contributed by atoms with Crippen LogP contribution < -0.4 is 15.5 Å². The number of fused-ring (bicyclic) bond motifs is 3. The normalized spacial score (nSPS) is 23.2. The maximum absolute atomic E-state index is 13.6. The van der Waals surface area contributed by atoms with E-state index < -0.39 is 11.6 Å². The van der Waals surface area contributed by atoms with Crippen LogP contribution >= 0.6 is 11.6 Å². The third kappa shape index (κ3) is 3.17. The molecule has 1 aromatic carbocycles. The SMILES string of the molecule is CN1C(=O)c2ccc(C3CCNCC3)cc2N2C(=O)CCC12C(=O)Nc1cncc(Cl)c1. The zero-order valence-corrected chi connectivity index (χ0v) is 18.5. The second kappa shape index (κ2) is 7.86. The van der Waals surface area contributed by atoms with Crippen molar-refractivity contribution in [3.8, 4) is 0 Å². The first kappa shape index (κ1) is 20.9. The Labute approximate surface area is 190 Å². The second-order valence-corrected chi connectivity index (χ2v) is 8.99. The van der Waals surface area contributed by atoms with Crippen molar-refractivity contribution in [2.45, 2.75) is 37.3 Å². The molecule has 2 N–H and O–H groups in total. The maximum Gasteiger partial charge on any atom is 0.271 e. The molecular formula is C23H24ClN5O3. The summed E-state index contributed by atoms with van der Waals surface area (Å²) in [4.78, 5) is 46.9. The summed E-state index contributed by atoms with van der Waals surface area (Å²) >= 11 is 6.01. The fourth-order valence-corrected chi connectivity index (χ4v) is 5.29. The lowest BCUT2D eigenvalue weighted by Gasteiger charge is -2.47. The van der Waals surface area contributed by atoms with E-state index >= 15 is 0 Å². The number of pyridine rings is 1. The second-order valence-electron chi connectivity index (χ2n) is 8.56. The molecule has 32 heavy (non-hydrogen) atoms. The summed E-state index contributed by atoms with van der Waals surface area (Å²) < 4.78 is 0. The first-order chi connectivity index (χ1) is 15.4. The molecule has 0 bridgehead atoms. The van der Waals surface area contributed by atoms with Gasteiger partial charge in [0.25, 0.3) is 11.8 Å². The van der Waals surface area contributed by atoms with Crippen LogP contribution in [-0.4, -0.2) is 53.4 Å². The summed E-state index contributed by atoms with van der Waals surface area (Å²) in [7, 11) is 1.58. The minimum absolute atomic E-state index is 0.174. The number of carbonyl (C=O) groups is 3. The Morgan fingerprint density at radius 1 is 1.22 bits per heavy atom. The summed E-state index contributed by atoms with van der Waals surface area (Å²) in [6.07, 6.45) is 5.33. The van der Waals surface area contributed by atoms with Crippen molar-refractivity contribution in [2.24, 2.45) is 0 Å².